The molecule has 0 bridgehead atoms. The van der Waals surface area contributed by atoms with E-state index in [-0.39, 0.29) is 24.8 Å². The molecule has 10 nitrogen and oxygen atoms in total. The monoisotopic (exact) mass is 471 g/mol. The average molecular weight is 472 g/mol. The van der Waals surface area contributed by atoms with E-state index in [2.05, 4.69) is 15.6 Å². The van der Waals surface area contributed by atoms with Crippen LogP contribution in [0.2, 0.25) is 0 Å². The SMILES string of the molecule is CCC(C)C(NC(=O)C1CCCN1C(=O)C(Cc1c[nH]c2ccccc12)NC(=O)CN)C(=O)O. The number of nitrogens with two attached hydrogens (primary N) is 1. The number of hydrogen-bond donors (Lipinski definition) is 5. The van der Waals surface area contributed by atoms with E-state index >= 15 is 0 Å². The molecule has 1 aliphatic heterocycles. The van der Waals surface area contributed by atoms with Crippen LogP contribution in [0.4, 0.5) is 0 Å². The molecule has 6 N–H and O–H groups in total. The number of nitrogens with one attached hydrogen (secondary N) is 3. The zero-order valence-corrected chi connectivity index (χ0v) is 19.5. The Morgan fingerprint density at radius 3 is 2.65 bits per heavy atom. The van der Waals surface area contributed by atoms with Crippen molar-refractivity contribution in [1.82, 2.24) is 20.5 Å². The van der Waals surface area contributed by atoms with Gasteiger partial charge in [-0.05, 0) is 30.4 Å². The number of para-hydroxylation sites is 1. The van der Waals surface area contributed by atoms with E-state index in [4.69, 9.17) is 5.73 Å². The molecule has 1 saturated heterocycles. The van der Waals surface area contributed by atoms with E-state index in [1.807, 2.05) is 31.2 Å². The van der Waals surface area contributed by atoms with E-state index in [0.29, 0.717) is 25.8 Å². The first-order chi connectivity index (χ1) is 16.3. The van der Waals surface area contributed by atoms with Gasteiger partial charge in [0, 0.05) is 30.1 Å². The predicted molar refractivity (Wildman–Crippen MR) is 127 cm³/mol. The van der Waals surface area contributed by atoms with Gasteiger partial charge in [0.15, 0.2) is 0 Å². The summed E-state index contributed by atoms with van der Waals surface area (Å²) < 4.78 is 0. The summed E-state index contributed by atoms with van der Waals surface area (Å²) in [4.78, 5) is 54.9. The highest BCUT2D eigenvalue weighted by Gasteiger charge is 2.39. The third-order valence-corrected chi connectivity index (χ3v) is 6.53. The summed E-state index contributed by atoms with van der Waals surface area (Å²) in [6.45, 7) is 3.70. The number of aromatic amines is 1. The van der Waals surface area contributed by atoms with Crippen LogP contribution in [0.25, 0.3) is 10.9 Å². The molecule has 3 rings (SSSR count). The molecular weight excluding hydrogens is 438 g/mol. The Morgan fingerprint density at radius 2 is 1.97 bits per heavy atom. The molecule has 184 valence electrons. The van der Waals surface area contributed by atoms with Crippen molar-refractivity contribution >= 4 is 34.6 Å². The number of rotatable bonds is 10. The lowest BCUT2D eigenvalue weighted by molar-refractivity contribution is -0.145. The summed E-state index contributed by atoms with van der Waals surface area (Å²) in [7, 11) is 0. The largest absolute Gasteiger partial charge is 0.480 e. The van der Waals surface area contributed by atoms with Gasteiger partial charge in [-0.1, -0.05) is 38.5 Å². The van der Waals surface area contributed by atoms with Crippen molar-refractivity contribution < 1.29 is 24.3 Å². The molecule has 1 fully saturated rings. The highest BCUT2D eigenvalue weighted by molar-refractivity contribution is 5.94. The summed E-state index contributed by atoms with van der Waals surface area (Å²) in [6, 6.07) is 4.91. The van der Waals surface area contributed by atoms with Crippen LogP contribution in [0.3, 0.4) is 0 Å². The fraction of sp³-hybridized carbons (Fsp3) is 0.500. The number of aliphatic carboxylic acids is 1. The van der Waals surface area contributed by atoms with Gasteiger partial charge in [-0.15, -0.1) is 0 Å². The van der Waals surface area contributed by atoms with Gasteiger partial charge in [0.1, 0.15) is 18.1 Å². The minimum atomic E-state index is -1.11. The fourth-order valence-electron chi connectivity index (χ4n) is 4.41. The van der Waals surface area contributed by atoms with Gasteiger partial charge in [0.2, 0.25) is 17.7 Å². The van der Waals surface area contributed by atoms with Crippen molar-refractivity contribution in [2.45, 2.75) is 57.7 Å². The lowest BCUT2D eigenvalue weighted by Crippen LogP contribution is -2.57. The third kappa shape index (κ3) is 5.56. The molecule has 10 heteroatoms. The zero-order valence-electron chi connectivity index (χ0n) is 19.5. The zero-order chi connectivity index (χ0) is 24.8. The molecule has 1 aromatic carbocycles. The number of aromatic nitrogens is 1. The van der Waals surface area contributed by atoms with E-state index < -0.39 is 35.9 Å². The second kappa shape index (κ2) is 11.1. The second-order valence-electron chi connectivity index (χ2n) is 8.79. The molecule has 1 aliphatic rings. The average Bonchev–Trinajstić information content (AvgIpc) is 3.48. The Bertz CT molecular complexity index is 1050. The summed E-state index contributed by atoms with van der Waals surface area (Å²) in [6.07, 6.45) is 3.65. The molecule has 2 heterocycles. The smallest absolute Gasteiger partial charge is 0.326 e. The van der Waals surface area contributed by atoms with Gasteiger partial charge >= 0.3 is 5.97 Å². The van der Waals surface area contributed by atoms with Crippen LogP contribution in [0, 0.1) is 5.92 Å². The van der Waals surface area contributed by atoms with Crippen LogP contribution >= 0.6 is 0 Å². The Labute approximate surface area is 198 Å². The number of nitrogens with zero attached hydrogens (tertiary/aromatic N) is 1. The highest BCUT2D eigenvalue weighted by Crippen LogP contribution is 2.23. The Morgan fingerprint density at radius 1 is 1.24 bits per heavy atom. The number of hydrogen-bond acceptors (Lipinski definition) is 5. The lowest BCUT2D eigenvalue weighted by atomic mass is 9.98. The van der Waals surface area contributed by atoms with Gasteiger partial charge in [-0.3, -0.25) is 14.4 Å². The maximum absolute atomic E-state index is 13.5. The molecule has 34 heavy (non-hydrogen) atoms. The quantitative estimate of drug-likeness (QED) is 0.344. The number of benzene rings is 1. The van der Waals surface area contributed by atoms with E-state index in [9.17, 15) is 24.3 Å². The molecule has 0 radical (unpaired) electrons. The lowest BCUT2D eigenvalue weighted by Gasteiger charge is -2.30. The van der Waals surface area contributed by atoms with Crippen LogP contribution in [0.1, 0.15) is 38.7 Å². The van der Waals surface area contributed by atoms with Gasteiger partial charge < -0.3 is 31.4 Å². The summed E-state index contributed by atoms with van der Waals surface area (Å²) in [5, 5.41) is 15.8. The molecule has 3 amide bonds. The van der Waals surface area contributed by atoms with Gasteiger partial charge in [-0.25, -0.2) is 4.79 Å². The molecule has 2 aromatic rings. The fourth-order valence-corrected chi connectivity index (χ4v) is 4.41. The minimum absolute atomic E-state index is 0.226. The molecule has 4 unspecified atom stereocenters. The Hall–Kier alpha value is -3.40. The highest BCUT2D eigenvalue weighted by atomic mass is 16.4. The van der Waals surface area contributed by atoms with Crippen molar-refractivity contribution in [3.63, 3.8) is 0 Å². The van der Waals surface area contributed by atoms with E-state index in [1.54, 1.807) is 13.1 Å². The minimum Gasteiger partial charge on any atom is -0.480 e. The molecule has 1 aromatic heterocycles. The summed E-state index contributed by atoms with van der Waals surface area (Å²) in [5.41, 5.74) is 7.24. The maximum Gasteiger partial charge on any atom is 0.326 e. The van der Waals surface area contributed by atoms with Crippen LogP contribution < -0.4 is 16.4 Å². The van der Waals surface area contributed by atoms with Crippen LogP contribution in [-0.2, 0) is 25.6 Å². The van der Waals surface area contributed by atoms with Crippen LogP contribution in [-0.4, -0.2) is 69.9 Å². The van der Waals surface area contributed by atoms with Crippen molar-refractivity contribution in [2.24, 2.45) is 11.7 Å². The van der Waals surface area contributed by atoms with Gasteiger partial charge in [-0.2, -0.15) is 0 Å². The molecule has 4 atom stereocenters. The number of carbonyl (C=O) groups excluding carboxylic acids is 3. The predicted octanol–water partition coefficient (Wildman–Crippen LogP) is 0.760. The Balaban J connectivity index is 1.81. The summed E-state index contributed by atoms with van der Waals surface area (Å²) >= 11 is 0. The number of carboxylic acid groups (broad SMARTS) is 1. The first-order valence-electron chi connectivity index (χ1n) is 11.6. The normalized spacial score (nSPS) is 18.3. The van der Waals surface area contributed by atoms with Crippen molar-refractivity contribution in [2.75, 3.05) is 13.1 Å². The number of carbonyl (C=O) groups is 4. The molecule has 0 aliphatic carbocycles. The first kappa shape index (κ1) is 25.2. The topological polar surface area (TPSA) is 158 Å². The van der Waals surface area contributed by atoms with Crippen LogP contribution in [0.5, 0.6) is 0 Å². The van der Waals surface area contributed by atoms with Crippen LogP contribution in [0.15, 0.2) is 30.5 Å². The third-order valence-electron chi connectivity index (χ3n) is 6.53. The number of H-pyrrole nitrogens is 1. The number of likely N-dealkylation sites (tertiary alicyclic amines) is 1. The second-order valence-corrected chi connectivity index (χ2v) is 8.79. The molecule has 0 spiro atoms. The standard InChI is InChI=1S/C24H33N5O5/c1-3-14(2)21(24(33)34)28-22(31)19-9-6-10-29(19)23(32)18(27-20(30)12-25)11-15-13-26-17-8-5-4-7-16(15)17/h4-5,7-8,13-14,18-19,21,26H,3,6,9-12,25H2,1-2H3,(H,27,30)(H,28,31)(H,33,34). The van der Waals surface area contributed by atoms with E-state index in [0.717, 1.165) is 16.5 Å². The molecule has 0 saturated carbocycles. The van der Waals surface area contributed by atoms with Crippen molar-refractivity contribution in [1.29, 1.82) is 0 Å². The van der Waals surface area contributed by atoms with Crippen molar-refractivity contribution in [3.8, 4) is 0 Å². The number of carboxylic acids is 1. The first-order valence-corrected chi connectivity index (χ1v) is 11.6. The van der Waals surface area contributed by atoms with Gasteiger partial charge in [0.25, 0.3) is 0 Å². The maximum atomic E-state index is 13.5. The number of amides is 3. The summed E-state index contributed by atoms with van der Waals surface area (Å²) in [5.74, 6) is -2.72. The van der Waals surface area contributed by atoms with Crippen molar-refractivity contribution in [3.05, 3.63) is 36.0 Å². The Kier molecular flexibility index (Phi) is 8.27. The van der Waals surface area contributed by atoms with E-state index in [1.165, 1.54) is 4.90 Å². The van der Waals surface area contributed by atoms with Gasteiger partial charge in [0.05, 0.1) is 6.54 Å². The number of fused-ring (bicyclic) bond motifs is 1. The molecular formula is C24H33N5O5.